The Morgan fingerprint density at radius 1 is 1.00 bits per heavy atom. The van der Waals surface area contributed by atoms with Crippen molar-refractivity contribution in [2.45, 2.75) is 25.8 Å². The van der Waals surface area contributed by atoms with Crippen molar-refractivity contribution in [3.8, 4) is 0 Å². The van der Waals surface area contributed by atoms with E-state index in [1.807, 2.05) is 30.3 Å². The van der Waals surface area contributed by atoms with Crippen molar-refractivity contribution in [2.24, 2.45) is 5.73 Å². The fourth-order valence-electron chi connectivity index (χ4n) is 2.23. The Morgan fingerprint density at radius 3 is 2.28 bits per heavy atom. The van der Waals surface area contributed by atoms with E-state index in [4.69, 9.17) is 17.3 Å². The molecule has 2 N–H and O–H groups in total. The monoisotopic (exact) mass is 259 g/mol. The van der Waals surface area contributed by atoms with Gasteiger partial charge in [0.05, 0.1) is 0 Å². The van der Waals surface area contributed by atoms with E-state index in [0.29, 0.717) is 0 Å². The van der Waals surface area contributed by atoms with Gasteiger partial charge in [-0.15, -0.1) is 0 Å². The van der Waals surface area contributed by atoms with Crippen molar-refractivity contribution < 1.29 is 0 Å². The van der Waals surface area contributed by atoms with Crippen molar-refractivity contribution in [2.75, 3.05) is 0 Å². The Labute approximate surface area is 114 Å². The van der Waals surface area contributed by atoms with E-state index < -0.39 is 0 Å². The van der Waals surface area contributed by atoms with Crippen LogP contribution in [0.5, 0.6) is 0 Å². The van der Waals surface area contributed by atoms with E-state index >= 15 is 0 Å². The molecule has 2 rings (SSSR count). The normalized spacial score (nSPS) is 12.4. The van der Waals surface area contributed by atoms with Crippen molar-refractivity contribution in [3.05, 3.63) is 70.2 Å². The Morgan fingerprint density at radius 2 is 1.61 bits per heavy atom. The fourth-order valence-corrected chi connectivity index (χ4v) is 2.44. The van der Waals surface area contributed by atoms with Crippen molar-refractivity contribution in [3.63, 3.8) is 0 Å². The summed E-state index contributed by atoms with van der Waals surface area (Å²) in [6.07, 6.45) is 1.78. The average Bonchev–Trinajstić information content (AvgIpc) is 2.41. The van der Waals surface area contributed by atoms with Gasteiger partial charge >= 0.3 is 0 Å². The van der Waals surface area contributed by atoms with Gasteiger partial charge < -0.3 is 5.73 Å². The van der Waals surface area contributed by atoms with Crippen LogP contribution >= 0.6 is 11.6 Å². The van der Waals surface area contributed by atoms with Gasteiger partial charge in [0.2, 0.25) is 0 Å². The standard InChI is InChI=1S/C16H18ClN/c1-2-12-7-3-5-9-14(12)16(18)11-13-8-4-6-10-15(13)17/h3-10,16H,2,11,18H2,1H3. The predicted octanol–water partition coefficient (Wildman–Crippen LogP) is 4.14. The summed E-state index contributed by atoms with van der Waals surface area (Å²) in [5.74, 6) is 0. The second-order valence-corrected chi connectivity index (χ2v) is 4.86. The molecule has 0 amide bonds. The summed E-state index contributed by atoms with van der Waals surface area (Å²) < 4.78 is 0. The average molecular weight is 260 g/mol. The molecule has 0 saturated carbocycles. The minimum Gasteiger partial charge on any atom is -0.324 e. The van der Waals surface area contributed by atoms with Crippen LogP contribution in [0.3, 0.4) is 0 Å². The van der Waals surface area contributed by atoms with E-state index in [1.54, 1.807) is 0 Å². The van der Waals surface area contributed by atoms with Gasteiger partial charge in [-0.2, -0.15) is 0 Å². The summed E-state index contributed by atoms with van der Waals surface area (Å²) in [6.45, 7) is 2.15. The molecule has 0 spiro atoms. The van der Waals surface area contributed by atoms with E-state index in [-0.39, 0.29) is 6.04 Å². The molecule has 18 heavy (non-hydrogen) atoms. The summed E-state index contributed by atoms with van der Waals surface area (Å²) in [5, 5.41) is 0.793. The van der Waals surface area contributed by atoms with Crippen LogP contribution in [0.15, 0.2) is 48.5 Å². The van der Waals surface area contributed by atoms with Crippen molar-refractivity contribution in [1.29, 1.82) is 0 Å². The molecule has 1 atom stereocenters. The highest BCUT2D eigenvalue weighted by Crippen LogP contribution is 2.24. The second-order valence-electron chi connectivity index (χ2n) is 4.45. The molecule has 0 aliphatic carbocycles. The maximum atomic E-state index is 6.31. The number of aryl methyl sites for hydroxylation is 1. The summed E-state index contributed by atoms with van der Waals surface area (Å²) in [6, 6.07) is 16.2. The van der Waals surface area contributed by atoms with Gasteiger partial charge in [0.15, 0.2) is 0 Å². The summed E-state index contributed by atoms with van der Waals surface area (Å²) in [4.78, 5) is 0. The molecule has 0 aromatic heterocycles. The maximum absolute atomic E-state index is 6.31. The highest BCUT2D eigenvalue weighted by molar-refractivity contribution is 6.31. The van der Waals surface area contributed by atoms with E-state index in [0.717, 1.165) is 23.4 Å². The Hall–Kier alpha value is -1.31. The van der Waals surface area contributed by atoms with Gasteiger partial charge in [0, 0.05) is 11.1 Å². The summed E-state index contributed by atoms with van der Waals surface area (Å²) in [5.41, 5.74) is 9.96. The first-order chi connectivity index (χ1) is 8.72. The van der Waals surface area contributed by atoms with Crippen molar-refractivity contribution in [1.82, 2.24) is 0 Å². The zero-order chi connectivity index (χ0) is 13.0. The second kappa shape index (κ2) is 6.03. The lowest BCUT2D eigenvalue weighted by atomic mass is 9.94. The lowest BCUT2D eigenvalue weighted by molar-refractivity contribution is 0.712. The van der Waals surface area contributed by atoms with Gasteiger partial charge in [-0.3, -0.25) is 0 Å². The smallest absolute Gasteiger partial charge is 0.0438 e. The molecule has 94 valence electrons. The summed E-state index contributed by atoms with van der Waals surface area (Å²) in [7, 11) is 0. The lowest BCUT2D eigenvalue weighted by Gasteiger charge is -2.16. The zero-order valence-corrected chi connectivity index (χ0v) is 11.3. The fraction of sp³-hybridized carbons (Fsp3) is 0.250. The quantitative estimate of drug-likeness (QED) is 0.877. The third kappa shape index (κ3) is 2.92. The first kappa shape index (κ1) is 13.1. The molecule has 0 saturated heterocycles. The molecule has 0 fully saturated rings. The first-order valence-corrected chi connectivity index (χ1v) is 6.67. The van der Waals surface area contributed by atoms with Gasteiger partial charge in [-0.25, -0.2) is 0 Å². The van der Waals surface area contributed by atoms with Crippen molar-refractivity contribution >= 4 is 11.6 Å². The van der Waals surface area contributed by atoms with Crippen LogP contribution in [-0.2, 0) is 12.8 Å². The number of hydrogen-bond donors (Lipinski definition) is 1. The lowest BCUT2D eigenvalue weighted by Crippen LogP contribution is -2.15. The van der Waals surface area contributed by atoms with E-state index in [9.17, 15) is 0 Å². The molecule has 2 heteroatoms. The number of rotatable bonds is 4. The van der Waals surface area contributed by atoms with Crippen LogP contribution in [0, 0.1) is 0 Å². The summed E-state index contributed by atoms with van der Waals surface area (Å²) >= 11 is 6.17. The van der Waals surface area contributed by atoms with Crippen LogP contribution in [0.25, 0.3) is 0 Å². The number of nitrogens with two attached hydrogens (primary N) is 1. The molecular weight excluding hydrogens is 242 g/mol. The van der Waals surface area contributed by atoms with Gasteiger partial charge in [0.25, 0.3) is 0 Å². The number of hydrogen-bond acceptors (Lipinski definition) is 1. The molecule has 2 aromatic carbocycles. The molecule has 0 bridgehead atoms. The van der Waals surface area contributed by atoms with Crippen LogP contribution < -0.4 is 5.73 Å². The minimum atomic E-state index is 0.000972. The zero-order valence-electron chi connectivity index (χ0n) is 10.6. The highest BCUT2D eigenvalue weighted by Gasteiger charge is 2.11. The van der Waals surface area contributed by atoms with Crippen LogP contribution in [0.1, 0.15) is 29.7 Å². The molecule has 0 heterocycles. The van der Waals surface area contributed by atoms with Gasteiger partial charge in [-0.1, -0.05) is 61.0 Å². The Kier molecular flexibility index (Phi) is 4.40. The van der Waals surface area contributed by atoms with Crippen LogP contribution in [0.4, 0.5) is 0 Å². The first-order valence-electron chi connectivity index (χ1n) is 6.29. The highest BCUT2D eigenvalue weighted by atomic mass is 35.5. The molecule has 1 nitrogen and oxygen atoms in total. The number of halogens is 1. The molecular formula is C16H18ClN. The molecule has 0 aliphatic rings. The largest absolute Gasteiger partial charge is 0.324 e. The minimum absolute atomic E-state index is 0.000972. The SMILES string of the molecule is CCc1ccccc1C(N)Cc1ccccc1Cl. The number of benzene rings is 2. The van der Waals surface area contributed by atoms with E-state index in [2.05, 4.69) is 25.1 Å². The topological polar surface area (TPSA) is 26.0 Å². The van der Waals surface area contributed by atoms with Gasteiger partial charge in [0.1, 0.15) is 0 Å². The molecule has 2 aromatic rings. The Bertz CT molecular complexity index is 522. The third-order valence-corrected chi connectivity index (χ3v) is 3.60. The maximum Gasteiger partial charge on any atom is 0.0438 e. The molecule has 0 aliphatic heterocycles. The molecule has 1 unspecified atom stereocenters. The molecule has 0 radical (unpaired) electrons. The predicted molar refractivity (Wildman–Crippen MR) is 77.9 cm³/mol. The Balaban J connectivity index is 2.22. The van der Waals surface area contributed by atoms with Gasteiger partial charge in [-0.05, 0) is 35.6 Å². The van der Waals surface area contributed by atoms with Crippen LogP contribution in [0.2, 0.25) is 5.02 Å². The van der Waals surface area contributed by atoms with E-state index in [1.165, 1.54) is 11.1 Å². The van der Waals surface area contributed by atoms with Crippen LogP contribution in [-0.4, -0.2) is 0 Å². The third-order valence-electron chi connectivity index (χ3n) is 3.23.